The van der Waals surface area contributed by atoms with Crippen LogP contribution < -0.4 is 0 Å². The molecule has 0 saturated carbocycles. The third kappa shape index (κ3) is 0.394. The Morgan fingerprint density at radius 2 is 1.00 bits per heavy atom. The van der Waals surface area contributed by atoms with Gasteiger partial charge < -0.3 is 0 Å². The minimum absolute atomic E-state index is 1.34. The molecule has 0 atom stereocenters. The number of hydrogen-bond acceptors (Lipinski definition) is 0. The first-order valence-electron chi connectivity index (χ1n) is 4.82. The van der Waals surface area contributed by atoms with Crippen LogP contribution in [0.4, 0.5) is 0 Å². The van der Waals surface area contributed by atoms with E-state index in [1.165, 1.54) is 25.7 Å². The molecule has 0 amide bonds. The monoisotopic (exact) mass is 154 g/mol. The second kappa shape index (κ2) is 1.52. The molecular formula is C12H10. The lowest BCUT2D eigenvalue weighted by Crippen LogP contribution is -2.25. The van der Waals surface area contributed by atoms with Gasteiger partial charge in [0.05, 0.1) is 0 Å². The highest BCUT2D eigenvalue weighted by Crippen LogP contribution is 2.45. The first-order chi connectivity index (χ1) is 5.95. The third-order valence-corrected chi connectivity index (χ3v) is 3.70. The molecular weight excluding hydrogens is 144 g/mol. The molecule has 0 fully saturated rings. The Bertz CT molecular complexity index is 395. The molecule has 0 unspecified atom stereocenters. The summed E-state index contributed by atoms with van der Waals surface area (Å²) in [5, 5.41) is 0. The van der Waals surface area contributed by atoms with E-state index in [1.807, 2.05) is 0 Å². The Kier molecular flexibility index (Phi) is 0.705. The fourth-order valence-electron chi connectivity index (χ4n) is 2.79. The van der Waals surface area contributed by atoms with E-state index in [4.69, 9.17) is 0 Å². The second-order valence-corrected chi connectivity index (χ2v) is 4.07. The maximum atomic E-state index is 2.30. The van der Waals surface area contributed by atoms with E-state index in [0.717, 1.165) is 0 Å². The standard InChI is InChI=1S/C12H10/c1-2-8-7(1)9-3-4-11(9)12-6-5-10(8)12/h1-2H,3-6H2. The van der Waals surface area contributed by atoms with Gasteiger partial charge in [0.2, 0.25) is 0 Å². The summed E-state index contributed by atoms with van der Waals surface area (Å²) < 4.78 is 0. The van der Waals surface area contributed by atoms with E-state index in [9.17, 15) is 0 Å². The van der Waals surface area contributed by atoms with Gasteiger partial charge in [-0.05, 0) is 59.1 Å². The van der Waals surface area contributed by atoms with Crippen molar-refractivity contribution in [2.75, 3.05) is 0 Å². The van der Waals surface area contributed by atoms with Gasteiger partial charge in [-0.15, -0.1) is 0 Å². The van der Waals surface area contributed by atoms with E-state index >= 15 is 0 Å². The Hall–Kier alpha value is -1.04. The molecule has 58 valence electrons. The molecule has 0 nitrogen and oxygen atoms in total. The molecule has 0 heteroatoms. The number of hydrogen-bond donors (Lipinski definition) is 0. The summed E-state index contributed by atoms with van der Waals surface area (Å²) in [6, 6.07) is 0. The average Bonchev–Trinajstić information content (AvgIpc) is 1.96. The summed E-state index contributed by atoms with van der Waals surface area (Å²) in [4.78, 5) is 0. The van der Waals surface area contributed by atoms with Crippen LogP contribution in [-0.4, -0.2) is 0 Å². The van der Waals surface area contributed by atoms with Crippen LogP contribution in [0.3, 0.4) is 0 Å². The lowest BCUT2D eigenvalue weighted by atomic mass is 9.67. The zero-order valence-electron chi connectivity index (χ0n) is 6.98. The summed E-state index contributed by atoms with van der Waals surface area (Å²) >= 11 is 0. The molecule has 0 spiro atoms. The van der Waals surface area contributed by atoms with Crippen molar-refractivity contribution in [3.8, 4) is 0 Å². The summed E-state index contributed by atoms with van der Waals surface area (Å²) in [5.74, 6) is 0. The summed E-state index contributed by atoms with van der Waals surface area (Å²) in [6.07, 6.45) is 10.0. The van der Waals surface area contributed by atoms with Crippen molar-refractivity contribution in [3.63, 3.8) is 0 Å². The molecule has 12 heavy (non-hydrogen) atoms. The first kappa shape index (κ1) is 5.58. The minimum atomic E-state index is 1.34. The molecule has 4 rings (SSSR count). The average molecular weight is 154 g/mol. The topological polar surface area (TPSA) is 0 Å². The molecule has 0 saturated heterocycles. The van der Waals surface area contributed by atoms with E-state index in [1.54, 1.807) is 33.4 Å². The molecule has 1 aromatic carbocycles. The Morgan fingerprint density at radius 1 is 0.583 bits per heavy atom. The van der Waals surface area contributed by atoms with Gasteiger partial charge in [-0.1, -0.05) is 12.2 Å². The van der Waals surface area contributed by atoms with Gasteiger partial charge in [0.1, 0.15) is 0 Å². The Labute approximate surface area is 71.9 Å². The normalized spacial score (nSPS) is 19.7. The molecule has 0 heterocycles. The molecule has 3 aliphatic carbocycles. The van der Waals surface area contributed by atoms with Crippen molar-refractivity contribution >= 4 is 12.2 Å². The minimum Gasteiger partial charge on any atom is -0.0535 e. The Balaban J connectivity index is 2.20. The molecule has 0 N–H and O–H groups in total. The second-order valence-electron chi connectivity index (χ2n) is 4.07. The third-order valence-electron chi connectivity index (χ3n) is 3.70. The maximum absolute atomic E-state index is 2.30. The lowest BCUT2D eigenvalue weighted by molar-refractivity contribution is 0.736. The Morgan fingerprint density at radius 3 is 1.25 bits per heavy atom. The van der Waals surface area contributed by atoms with Crippen molar-refractivity contribution in [1.29, 1.82) is 0 Å². The van der Waals surface area contributed by atoms with Crippen LogP contribution in [0.1, 0.15) is 33.4 Å². The van der Waals surface area contributed by atoms with Crippen molar-refractivity contribution < 1.29 is 0 Å². The van der Waals surface area contributed by atoms with Crippen molar-refractivity contribution in [1.82, 2.24) is 0 Å². The van der Waals surface area contributed by atoms with Crippen molar-refractivity contribution in [2.24, 2.45) is 0 Å². The number of rotatable bonds is 0. The van der Waals surface area contributed by atoms with Gasteiger partial charge in [0, 0.05) is 0 Å². The molecule has 0 aliphatic heterocycles. The number of benzene rings is 1. The van der Waals surface area contributed by atoms with E-state index < -0.39 is 0 Å². The van der Waals surface area contributed by atoms with Crippen LogP contribution in [0.5, 0.6) is 0 Å². The summed E-state index contributed by atoms with van der Waals surface area (Å²) in [5.41, 5.74) is 10.0. The maximum Gasteiger partial charge on any atom is -0.0146 e. The highest BCUT2D eigenvalue weighted by atomic mass is 14.4. The van der Waals surface area contributed by atoms with Gasteiger partial charge in [0.25, 0.3) is 0 Å². The molecule has 0 radical (unpaired) electrons. The van der Waals surface area contributed by atoms with Gasteiger partial charge in [-0.2, -0.15) is 0 Å². The fourth-order valence-corrected chi connectivity index (χ4v) is 2.79. The predicted octanol–water partition coefficient (Wildman–Crippen LogP) is 2.37. The molecule has 0 aromatic heterocycles. The highest BCUT2D eigenvalue weighted by molar-refractivity contribution is 5.91. The fraction of sp³-hybridized carbons (Fsp3) is 0.333. The van der Waals surface area contributed by atoms with Gasteiger partial charge >= 0.3 is 0 Å². The van der Waals surface area contributed by atoms with Gasteiger partial charge in [0.15, 0.2) is 0 Å². The quantitative estimate of drug-likeness (QED) is 0.546. The molecule has 1 aromatic rings. The van der Waals surface area contributed by atoms with Crippen molar-refractivity contribution in [3.05, 3.63) is 33.4 Å². The largest absolute Gasteiger partial charge is 0.0535 e. The summed E-state index contributed by atoms with van der Waals surface area (Å²) in [6.45, 7) is 0. The van der Waals surface area contributed by atoms with E-state index in [-0.39, 0.29) is 0 Å². The SMILES string of the molecule is C1=Cc2c1c1c(c3c2CC3)CC1. The van der Waals surface area contributed by atoms with Crippen molar-refractivity contribution in [2.45, 2.75) is 25.7 Å². The highest BCUT2D eigenvalue weighted by Gasteiger charge is 2.32. The smallest absolute Gasteiger partial charge is 0.0146 e. The lowest BCUT2D eigenvalue weighted by Gasteiger charge is -2.37. The van der Waals surface area contributed by atoms with Crippen LogP contribution in [0.2, 0.25) is 0 Å². The van der Waals surface area contributed by atoms with Crippen LogP contribution >= 0.6 is 0 Å². The van der Waals surface area contributed by atoms with E-state index in [0.29, 0.717) is 0 Å². The van der Waals surface area contributed by atoms with Crippen LogP contribution in [0.25, 0.3) is 12.2 Å². The first-order valence-corrected chi connectivity index (χ1v) is 4.82. The zero-order chi connectivity index (χ0) is 7.71. The predicted molar refractivity (Wildman–Crippen MR) is 50.2 cm³/mol. The number of fused-ring (bicyclic) bond motifs is 6. The van der Waals surface area contributed by atoms with Gasteiger partial charge in [-0.3, -0.25) is 0 Å². The zero-order valence-corrected chi connectivity index (χ0v) is 6.98. The van der Waals surface area contributed by atoms with Crippen LogP contribution in [-0.2, 0) is 25.7 Å². The van der Waals surface area contributed by atoms with Crippen LogP contribution in [0, 0.1) is 0 Å². The molecule has 3 aliphatic rings. The molecule has 0 bridgehead atoms. The summed E-state index contributed by atoms with van der Waals surface area (Å²) in [7, 11) is 0. The van der Waals surface area contributed by atoms with Gasteiger partial charge in [-0.25, -0.2) is 0 Å². The van der Waals surface area contributed by atoms with E-state index in [2.05, 4.69) is 12.2 Å². The van der Waals surface area contributed by atoms with Crippen LogP contribution in [0.15, 0.2) is 0 Å².